The molecule has 0 aliphatic rings. The first kappa shape index (κ1) is 20.6. The Kier molecular flexibility index (Phi) is 6.34. The molecule has 1 unspecified atom stereocenters. The monoisotopic (exact) mass is 413 g/mol. The average Bonchev–Trinajstić information content (AvgIpc) is 3.22. The Balaban J connectivity index is 1.80. The molecule has 2 aromatic carbocycles. The smallest absolute Gasteiger partial charge is 0.256 e. The number of halogens is 2. The van der Waals surface area contributed by atoms with Gasteiger partial charge in [0.05, 0.1) is 18.0 Å². The summed E-state index contributed by atoms with van der Waals surface area (Å²) >= 11 is 5.98. The van der Waals surface area contributed by atoms with Crippen LogP contribution in [-0.2, 0) is 4.79 Å². The van der Waals surface area contributed by atoms with Crippen molar-refractivity contribution in [1.82, 2.24) is 9.47 Å². The van der Waals surface area contributed by atoms with Crippen LogP contribution in [-0.4, -0.2) is 35.4 Å². The van der Waals surface area contributed by atoms with Gasteiger partial charge in [0.25, 0.3) is 5.91 Å². The third kappa shape index (κ3) is 5.03. The van der Waals surface area contributed by atoms with Crippen molar-refractivity contribution in [3.05, 3.63) is 89.0 Å². The lowest BCUT2D eigenvalue weighted by Crippen LogP contribution is -2.23. The fourth-order valence-electron chi connectivity index (χ4n) is 3.03. The van der Waals surface area contributed by atoms with Gasteiger partial charge in [-0.1, -0.05) is 23.7 Å². The van der Waals surface area contributed by atoms with Crippen LogP contribution < -0.4 is 5.32 Å². The van der Waals surface area contributed by atoms with E-state index in [0.717, 1.165) is 5.56 Å². The van der Waals surface area contributed by atoms with Crippen LogP contribution in [0.1, 0.15) is 28.4 Å². The Labute approximate surface area is 173 Å². The molecule has 3 aromatic rings. The Bertz CT molecular complexity index is 1000. The number of hydrogen-bond donors (Lipinski definition) is 1. The van der Waals surface area contributed by atoms with Crippen LogP contribution in [0.4, 0.5) is 10.1 Å². The number of carbonyl (C=O) groups is 2. The van der Waals surface area contributed by atoms with E-state index in [9.17, 15) is 14.0 Å². The van der Waals surface area contributed by atoms with Gasteiger partial charge >= 0.3 is 0 Å². The molecule has 0 saturated carbocycles. The third-order valence-corrected chi connectivity index (χ3v) is 4.76. The SMILES string of the molecule is CN(C)C(=O)c1cc(NC(=O)CC(c2ccc(Cl)cc2)n2cccc2)ccc1F. The predicted octanol–water partition coefficient (Wildman–Crippen LogP) is 4.60. The van der Waals surface area contributed by atoms with Gasteiger partial charge in [0.15, 0.2) is 0 Å². The minimum atomic E-state index is -0.631. The number of carbonyl (C=O) groups excluding carboxylic acids is 2. The molecule has 0 spiro atoms. The fraction of sp³-hybridized carbons (Fsp3) is 0.182. The maximum atomic E-state index is 14.0. The summed E-state index contributed by atoms with van der Waals surface area (Å²) in [5.41, 5.74) is 1.21. The highest BCUT2D eigenvalue weighted by molar-refractivity contribution is 6.30. The Morgan fingerprint density at radius 2 is 1.76 bits per heavy atom. The molecule has 29 heavy (non-hydrogen) atoms. The normalized spacial score (nSPS) is 11.7. The van der Waals surface area contributed by atoms with E-state index < -0.39 is 11.7 Å². The summed E-state index contributed by atoms with van der Waals surface area (Å²) in [5, 5.41) is 3.38. The van der Waals surface area contributed by atoms with Gasteiger partial charge in [-0.15, -0.1) is 0 Å². The van der Waals surface area contributed by atoms with Crippen molar-refractivity contribution in [1.29, 1.82) is 0 Å². The highest BCUT2D eigenvalue weighted by atomic mass is 35.5. The van der Waals surface area contributed by atoms with Crippen molar-refractivity contribution in [2.45, 2.75) is 12.5 Å². The standard InChI is InChI=1S/C22H21ClFN3O2/c1-26(2)22(29)18-13-17(9-10-19(18)24)25-21(28)14-20(27-11-3-4-12-27)15-5-7-16(23)8-6-15/h3-13,20H,14H2,1-2H3,(H,25,28). The molecular formula is C22H21ClFN3O2. The Hall–Kier alpha value is -3.12. The van der Waals surface area contributed by atoms with Gasteiger partial charge in [-0.2, -0.15) is 0 Å². The number of rotatable bonds is 6. The van der Waals surface area contributed by atoms with Gasteiger partial charge in [0.1, 0.15) is 5.82 Å². The molecule has 0 aliphatic carbocycles. The zero-order valence-electron chi connectivity index (χ0n) is 16.1. The van der Waals surface area contributed by atoms with E-state index in [1.807, 2.05) is 41.2 Å². The number of aromatic nitrogens is 1. The molecule has 1 heterocycles. The Morgan fingerprint density at radius 3 is 2.38 bits per heavy atom. The summed E-state index contributed by atoms with van der Waals surface area (Å²) in [6.45, 7) is 0. The lowest BCUT2D eigenvalue weighted by Gasteiger charge is -2.20. The Morgan fingerprint density at radius 1 is 1.10 bits per heavy atom. The van der Waals surface area contributed by atoms with Crippen molar-refractivity contribution in [3.8, 4) is 0 Å². The molecule has 2 amide bonds. The first-order valence-corrected chi connectivity index (χ1v) is 9.42. The van der Waals surface area contributed by atoms with Crippen molar-refractivity contribution in [2.24, 2.45) is 0 Å². The molecule has 0 radical (unpaired) electrons. The minimum absolute atomic E-state index is 0.0903. The first-order valence-electron chi connectivity index (χ1n) is 9.04. The van der Waals surface area contributed by atoms with Crippen LogP contribution in [0.5, 0.6) is 0 Å². The summed E-state index contributed by atoms with van der Waals surface area (Å²) in [6.07, 6.45) is 3.93. The van der Waals surface area contributed by atoms with Crippen molar-refractivity contribution < 1.29 is 14.0 Å². The van der Waals surface area contributed by atoms with E-state index in [1.54, 1.807) is 26.2 Å². The van der Waals surface area contributed by atoms with Crippen LogP contribution in [0.3, 0.4) is 0 Å². The topological polar surface area (TPSA) is 54.3 Å². The quantitative estimate of drug-likeness (QED) is 0.642. The van der Waals surface area contributed by atoms with E-state index in [-0.39, 0.29) is 23.9 Å². The van der Waals surface area contributed by atoms with E-state index in [1.165, 1.54) is 23.1 Å². The van der Waals surface area contributed by atoms with Crippen molar-refractivity contribution in [2.75, 3.05) is 19.4 Å². The number of amides is 2. The van der Waals surface area contributed by atoms with Gasteiger partial charge in [0, 0.05) is 37.2 Å². The van der Waals surface area contributed by atoms with Crippen LogP contribution in [0.2, 0.25) is 5.02 Å². The highest BCUT2D eigenvalue weighted by Gasteiger charge is 2.19. The highest BCUT2D eigenvalue weighted by Crippen LogP contribution is 2.25. The van der Waals surface area contributed by atoms with Crippen LogP contribution >= 0.6 is 11.6 Å². The summed E-state index contributed by atoms with van der Waals surface area (Å²) in [6, 6.07) is 14.8. The molecule has 1 aromatic heterocycles. The number of benzene rings is 2. The largest absolute Gasteiger partial charge is 0.346 e. The second kappa shape index (κ2) is 8.92. The first-order chi connectivity index (χ1) is 13.8. The van der Waals surface area contributed by atoms with Gasteiger partial charge in [-0.25, -0.2) is 4.39 Å². The molecule has 0 bridgehead atoms. The summed E-state index contributed by atoms with van der Waals surface area (Å²) < 4.78 is 15.9. The van der Waals surface area contributed by atoms with E-state index in [0.29, 0.717) is 10.7 Å². The number of nitrogens with zero attached hydrogens (tertiary/aromatic N) is 2. The van der Waals surface area contributed by atoms with Gasteiger partial charge in [-0.05, 0) is 48.0 Å². The molecule has 150 valence electrons. The van der Waals surface area contributed by atoms with E-state index in [4.69, 9.17) is 11.6 Å². The molecular weight excluding hydrogens is 393 g/mol. The molecule has 0 fully saturated rings. The lowest BCUT2D eigenvalue weighted by atomic mass is 10.0. The van der Waals surface area contributed by atoms with Crippen LogP contribution in [0.25, 0.3) is 0 Å². The molecule has 3 rings (SSSR count). The molecule has 0 saturated heterocycles. The van der Waals surface area contributed by atoms with E-state index in [2.05, 4.69) is 5.32 Å². The zero-order chi connectivity index (χ0) is 21.0. The van der Waals surface area contributed by atoms with E-state index >= 15 is 0 Å². The van der Waals surface area contributed by atoms with Crippen LogP contribution in [0.15, 0.2) is 67.0 Å². The number of hydrogen-bond acceptors (Lipinski definition) is 2. The van der Waals surface area contributed by atoms with Gasteiger partial charge in [0.2, 0.25) is 5.91 Å². The predicted molar refractivity (Wildman–Crippen MR) is 112 cm³/mol. The van der Waals surface area contributed by atoms with Crippen molar-refractivity contribution in [3.63, 3.8) is 0 Å². The molecule has 0 aliphatic heterocycles. The van der Waals surface area contributed by atoms with Crippen molar-refractivity contribution >= 4 is 29.1 Å². The van der Waals surface area contributed by atoms with Gasteiger partial charge in [-0.3, -0.25) is 9.59 Å². The molecule has 1 N–H and O–H groups in total. The zero-order valence-corrected chi connectivity index (χ0v) is 16.9. The summed E-state index contributed by atoms with van der Waals surface area (Å²) in [4.78, 5) is 26.1. The van der Waals surface area contributed by atoms with Crippen LogP contribution in [0, 0.1) is 5.82 Å². The summed E-state index contributed by atoms with van der Waals surface area (Å²) in [7, 11) is 3.08. The van der Waals surface area contributed by atoms with Gasteiger partial charge < -0.3 is 14.8 Å². The summed E-state index contributed by atoms with van der Waals surface area (Å²) in [5.74, 6) is -1.36. The molecule has 5 nitrogen and oxygen atoms in total. The second-order valence-electron chi connectivity index (χ2n) is 6.84. The number of anilines is 1. The average molecular weight is 414 g/mol. The fourth-order valence-corrected chi connectivity index (χ4v) is 3.16. The lowest BCUT2D eigenvalue weighted by molar-refractivity contribution is -0.116. The second-order valence-corrected chi connectivity index (χ2v) is 7.28. The number of nitrogens with one attached hydrogen (secondary N) is 1. The maximum absolute atomic E-state index is 14.0. The molecule has 7 heteroatoms. The molecule has 1 atom stereocenters. The maximum Gasteiger partial charge on any atom is 0.256 e. The minimum Gasteiger partial charge on any atom is -0.346 e. The third-order valence-electron chi connectivity index (χ3n) is 4.51.